The molecule has 8 aromatic rings. The van der Waals surface area contributed by atoms with Crippen LogP contribution in [0.25, 0.3) is 70.3 Å². The number of carboxylic acid groups (broad SMARTS) is 1. The summed E-state index contributed by atoms with van der Waals surface area (Å²) in [6.07, 6.45) is 9.79. The van der Waals surface area contributed by atoms with Gasteiger partial charge in [0, 0.05) is 22.6 Å². The van der Waals surface area contributed by atoms with Crippen molar-refractivity contribution in [3.8, 4) is 5.69 Å². The fraction of sp³-hybridized carbons (Fsp3) is 0.283. The van der Waals surface area contributed by atoms with E-state index in [9.17, 15) is 29.1 Å². The van der Waals surface area contributed by atoms with Gasteiger partial charge in [-0.1, -0.05) is 102 Å². The van der Waals surface area contributed by atoms with Crippen LogP contribution >= 0.6 is 0 Å². The van der Waals surface area contributed by atoms with Crippen molar-refractivity contribution < 1.29 is 19.5 Å². The minimum atomic E-state index is -1.11. The summed E-state index contributed by atoms with van der Waals surface area (Å²) in [7, 11) is 0. The molecular formula is C46H40N2O6. The van der Waals surface area contributed by atoms with E-state index in [1.54, 1.807) is 6.07 Å². The van der Waals surface area contributed by atoms with Gasteiger partial charge < -0.3 is 5.11 Å². The standard InChI is InChI=1S/C46H40N2O6/c1-3-5-7-9-13-27(14-10-8-6-4-2)47-42(49)32-23-22-30-29-15-11-12-25-18-21-31-38(35(25)29)39-33(24-34(43(47)50)36(32)37(30)39)41-40(31)44(51)48(45(41)52)28-19-16-26(17-20-28)46(53)54/h11-12,15-24,27H,3-10,13-14H2,1-2H3,(H,53,54). The molecule has 0 bridgehead atoms. The Morgan fingerprint density at radius 3 is 1.83 bits per heavy atom. The van der Waals surface area contributed by atoms with E-state index in [1.807, 2.05) is 42.5 Å². The van der Waals surface area contributed by atoms with Crippen LogP contribution in [0.2, 0.25) is 0 Å². The van der Waals surface area contributed by atoms with Crippen LogP contribution in [0.4, 0.5) is 0 Å². The molecule has 270 valence electrons. The molecule has 0 saturated carbocycles. The quantitative estimate of drug-likeness (QED) is 0.0550. The van der Waals surface area contributed by atoms with Crippen molar-refractivity contribution in [3.05, 3.63) is 110 Å². The van der Waals surface area contributed by atoms with Crippen LogP contribution in [0.3, 0.4) is 0 Å². The van der Waals surface area contributed by atoms with Crippen molar-refractivity contribution in [2.75, 3.05) is 0 Å². The van der Waals surface area contributed by atoms with Gasteiger partial charge in [-0.15, -0.1) is 0 Å². The number of carbonyl (C=O) groups is 3. The zero-order valence-corrected chi connectivity index (χ0v) is 30.5. The number of hydrogen-bond donors (Lipinski definition) is 1. The van der Waals surface area contributed by atoms with E-state index >= 15 is 0 Å². The van der Waals surface area contributed by atoms with E-state index in [1.165, 1.54) is 29.2 Å². The molecule has 0 saturated heterocycles. The van der Waals surface area contributed by atoms with Crippen LogP contribution < -0.4 is 11.1 Å². The van der Waals surface area contributed by atoms with Crippen LogP contribution in [-0.2, 0) is 0 Å². The van der Waals surface area contributed by atoms with Crippen LogP contribution in [0.15, 0.2) is 82.4 Å². The van der Waals surface area contributed by atoms with Crippen molar-refractivity contribution in [3.63, 3.8) is 0 Å². The van der Waals surface area contributed by atoms with Crippen molar-refractivity contribution >= 4 is 82.4 Å². The maximum Gasteiger partial charge on any atom is 0.335 e. The maximum absolute atomic E-state index is 15.0. The number of imide groups is 1. The molecular weight excluding hydrogens is 677 g/mol. The van der Waals surface area contributed by atoms with Gasteiger partial charge in [0.15, 0.2) is 0 Å². The number of fused-ring (bicyclic) bond motifs is 4. The fourth-order valence-corrected chi connectivity index (χ4v) is 9.38. The second kappa shape index (κ2) is 12.9. The number of aromatic carboxylic acids is 1. The van der Waals surface area contributed by atoms with Crippen molar-refractivity contribution in [2.45, 2.75) is 84.1 Å². The lowest BCUT2D eigenvalue weighted by molar-refractivity contribution is 0.0516. The molecule has 54 heavy (non-hydrogen) atoms. The number of carbonyl (C=O) groups excluding carboxylic acids is 2. The first-order valence-corrected chi connectivity index (χ1v) is 19.3. The largest absolute Gasteiger partial charge is 0.478 e. The lowest BCUT2D eigenvalue weighted by atomic mass is 9.80. The van der Waals surface area contributed by atoms with Crippen LogP contribution in [0.1, 0.15) is 109 Å². The molecule has 0 spiro atoms. The lowest BCUT2D eigenvalue weighted by Crippen LogP contribution is -2.47. The molecule has 0 fully saturated rings. The van der Waals surface area contributed by atoms with Gasteiger partial charge in [0.2, 0.25) is 0 Å². The summed E-state index contributed by atoms with van der Waals surface area (Å²) in [5.74, 6) is -1.74. The molecule has 8 nitrogen and oxygen atoms in total. The molecule has 1 aliphatic rings. The predicted molar refractivity (Wildman–Crippen MR) is 216 cm³/mol. The molecule has 0 radical (unpaired) electrons. The first kappa shape index (κ1) is 33.9. The Labute approximate surface area is 310 Å². The number of hydrogen-bond acceptors (Lipinski definition) is 5. The molecule has 2 amide bonds. The molecule has 9 rings (SSSR count). The number of rotatable bonds is 13. The third kappa shape index (κ3) is 4.78. The number of amides is 2. The Balaban J connectivity index is 1.36. The lowest BCUT2D eigenvalue weighted by Gasteiger charge is -2.35. The van der Waals surface area contributed by atoms with Crippen LogP contribution in [0.5, 0.6) is 0 Å². The third-order valence-electron chi connectivity index (χ3n) is 11.9. The van der Waals surface area contributed by atoms with Gasteiger partial charge in [0.05, 0.1) is 22.0 Å². The summed E-state index contributed by atoms with van der Waals surface area (Å²) in [5, 5.41) is 17.8. The number of benzene rings is 7. The highest BCUT2D eigenvalue weighted by atomic mass is 16.4. The average Bonchev–Trinajstić information content (AvgIpc) is 3.45. The normalized spacial score (nSPS) is 13.5. The molecule has 1 N–H and O–H groups in total. The number of carboxylic acids is 1. The summed E-state index contributed by atoms with van der Waals surface area (Å²) < 4.78 is 1.11. The van der Waals surface area contributed by atoms with Gasteiger partial charge in [-0.2, -0.15) is 0 Å². The van der Waals surface area contributed by atoms with Crippen molar-refractivity contribution in [1.82, 2.24) is 9.47 Å². The molecule has 0 aliphatic carbocycles. The van der Waals surface area contributed by atoms with E-state index < -0.39 is 17.1 Å². The molecule has 1 aromatic heterocycles. The number of nitrogens with zero attached hydrogens (tertiary/aromatic N) is 2. The van der Waals surface area contributed by atoms with Crippen molar-refractivity contribution in [1.29, 1.82) is 0 Å². The smallest absolute Gasteiger partial charge is 0.335 e. The third-order valence-corrected chi connectivity index (χ3v) is 11.9. The monoisotopic (exact) mass is 716 g/mol. The van der Waals surface area contributed by atoms with Gasteiger partial charge in [-0.05, 0) is 97.7 Å². The second-order valence-electron chi connectivity index (χ2n) is 15.0. The highest BCUT2D eigenvalue weighted by Crippen LogP contribution is 2.50. The number of unbranched alkanes of at least 4 members (excludes halogenated alkanes) is 6. The predicted octanol–water partition coefficient (Wildman–Crippen LogP) is 10.0. The second-order valence-corrected chi connectivity index (χ2v) is 15.0. The summed E-state index contributed by atoms with van der Waals surface area (Å²) in [4.78, 5) is 71.9. The summed E-state index contributed by atoms with van der Waals surface area (Å²) >= 11 is 0. The zero-order valence-electron chi connectivity index (χ0n) is 30.5. The maximum atomic E-state index is 15.0. The Morgan fingerprint density at radius 2 is 1.17 bits per heavy atom. The van der Waals surface area contributed by atoms with E-state index in [2.05, 4.69) is 13.8 Å². The molecule has 8 heteroatoms. The zero-order chi connectivity index (χ0) is 37.4. The van der Waals surface area contributed by atoms with E-state index in [0.29, 0.717) is 27.3 Å². The Hall–Kier alpha value is -5.89. The Kier molecular flexibility index (Phi) is 8.10. The average molecular weight is 717 g/mol. The van der Waals surface area contributed by atoms with Gasteiger partial charge >= 0.3 is 5.97 Å². The fourth-order valence-electron chi connectivity index (χ4n) is 9.38. The van der Waals surface area contributed by atoms with Crippen LogP contribution in [0, 0.1) is 0 Å². The van der Waals surface area contributed by atoms with Gasteiger partial charge in [-0.3, -0.25) is 24.1 Å². The Morgan fingerprint density at radius 1 is 0.574 bits per heavy atom. The molecule has 2 heterocycles. The summed E-state index contributed by atoms with van der Waals surface area (Å²) in [6.45, 7) is 4.34. The molecule has 0 unspecified atom stereocenters. The van der Waals surface area contributed by atoms with Crippen LogP contribution in [-0.4, -0.2) is 38.4 Å². The minimum absolute atomic E-state index is 0.0386. The van der Waals surface area contributed by atoms with Gasteiger partial charge in [0.1, 0.15) is 0 Å². The topological polar surface area (TPSA) is 114 Å². The Bertz CT molecular complexity index is 2910. The van der Waals surface area contributed by atoms with E-state index in [-0.39, 0.29) is 39.9 Å². The first-order chi connectivity index (χ1) is 26.3. The first-order valence-electron chi connectivity index (χ1n) is 19.3. The highest BCUT2D eigenvalue weighted by molar-refractivity contribution is 6.47. The van der Waals surface area contributed by atoms with E-state index in [4.69, 9.17) is 0 Å². The number of aromatic nitrogens is 1. The summed E-state index contributed by atoms with van der Waals surface area (Å²) in [6, 6.07) is 21.0. The SMILES string of the molecule is CCCCCCC(CCCCCC)N1C(=O)c2ccc3c4cccc5ccc6c7c(=O)n(-c8ccc(C(=O)O)cc8)c(=O)c7c7cc(c2c3c7c6c54)C1=O. The highest BCUT2D eigenvalue weighted by Gasteiger charge is 2.39. The molecule has 1 aliphatic heterocycles. The minimum Gasteiger partial charge on any atom is -0.478 e. The van der Waals surface area contributed by atoms with Gasteiger partial charge in [-0.25, -0.2) is 9.36 Å². The molecule has 7 aromatic carbocycles. The van der Waals surface area contributed by atoms with Crippen molar-refractivity contribution in [2.24, 2.45) is 0 Å². The summed E-state index contributed by atoms with van der Waals surface area (Å²) in [5.41, 5.74) is 0.114. The van der Waals surface area contributed by atoms with Gasteiger partial charge in [0.25, 0.3) is 22.9 Å². The van der Waals surface area contributed by atoms with E-state index in [0.717, 1.165) is 106 Å². The molecule has 0 atom stereocenters.